The Morgan fingerprint density at radius 1 is 1.00 bits per heavy atom. The van der Waals surface area contributed by atoms with E-state index in [2.05, 4.69) is 14.7 Å². The van der Waals surface area contributed by atoms with Crippen molar-refractivity contribution in [1.29, 1.82) is 0 Å². The van der Waals surface area contributed by atoms with E-state index in [1.165, 1.54) is 36.7 Å². The number of aromatic nitrogens is 1. The zero-order valence-electron chi connectivity index (χ0n) is 18.4. The van der Waals surface area contributed by atoms with E-state index >= 15 is 0 Å². The second kappa shape index (κ2) is 9.93. The van der Waals surface area contributed by atoms with Crippen LogP contribution in [0.5, 0.6) is 0 Å². The second-order valence-corrected chi connectivity index (χ2v) is 10.4. The molecule has 0 radical (unpaired) electrons. The topological polar surface area (TPSA) is 88.5 Å². The van der Waals surface area contributed by atoms with E-state index in [0.717, 1.165) is 5.56 Å². The monoisotopic (exact) mass is 475 g/mol. The summed E-state index contributed by atoms with van der Waals surface area (Å²) in [5.41, 5.74) is 2.61. The maximum atomic E-state index is 13.0. The number of carbonyl (C=O) groups excluding carboxylic acids is 2. The van der Waals surface area contributed by atoms with Crippen molar-refractivity contribution < 1.29 is 18.2 Å². The number of rotatable bonds is 5. The molecule has 2 aromatic carbocycles. The molecule has 1 aromatic heterocycles. The van der Waals surface area contributed by atoms with E-state index in [0.29, 0.717) is 23.2 Å². The van der Waals surface area contributed by atoms with Gasteiger partial charge in [0.15, 0.2) is 0 Å². The van der Waals surface area contributed by atoms with Gasteiger partial charge in [0, 0.05) is 35.5 Å². The Bertz CT molecular complexity index is 1400. The van der Waals surface area contributed by atoms with Crippen molar-refractivity contribution in [3.05, 3.63) is 108 Å². The minimum absolute atomic E-state index is 0.246. The number of anilines is 1. The number of amides is 2. The Labute approximate surface area is 197 Å². The third kappa shape index (κ3) is 5.52. The molecule has 172 valence electrons. The van der Waals surface area contributed by atoms with Crippen LogP contribution in [0.1, 0.15) is 27.1 Å². The molecule has 4 rings (SSSR count). The molecule has 34 heavy (non-hydrogen) atoms. The summed E-state index contributed by atoms with van der Waals surface area (Å²) in [6, 6.07) is 13.9. The number of halogens is 1. The maximum Gasteiger partial charge on any atom is 0.286 e. The molecule has 0 saturated carbocycles. The Balaban J connectivity index is 1.49. The van der Waals surface area contributed by atoms with Crippen LogP contribution in [0.2, 0.25) is 0 Å². The number of pyridine rings is 1. The van der Waals surface area contributed by atoms with Gasteiger partial charge in [0.25, 0.3) is 11.8 Å². The summed E-state index contributed by atoms with van der Waals surface area (Å²) < 4.78 is 30.0. The van der Waals surface area contributed by atoms with Gasteiger partial charge < -0.3 is 5.32 Å². The molecule has 1 heterocycles. The lowest BCUT2D eigenvalue weighted by Crippen LogP contribution is -2.19. The maximum absolute atomic E-state index is 13.0. The summed E-state index contributed by atoms with van der Waals surface area (Å²) in [4.78, 5) is 29.2. The smallest absolute Gasteiger partial charge is 0.286 e. The summed E-state index contributed by atoms with van der Waals surface area (Å²) in [5, 5.41) is 2.44. The Morgan fingerprint density at radius 3 is 2.41 bits per heavy atom. The molecule has 1 unspecified atom stereocenters. The zero-order valence-corrected chi connectivity index (χ0v) is 19.2. The van der Waals surface area contributed by atoms with Crippen LogP contribution in [0.25, 0.3) is 11.1 Å². The normalized spacial score (nSPS) is 16.5. The number of nitrogens with zero attached hydrogens (tertiary/aromatic N) is 2. The number of carbonyl (C=O) groups is 2. The standard InChI is InChI=1S/C26H22FN3O3S/c1-34(33,24-5-3-2-4-6-24)30-26(32)21-15-20(16-28-17-21)18-9-13-23(14-10-18)29-25(31)19-7-11-22(27)12-8-19/h2-5,7-17,24H,6H2,1H3,(H,29,31)/t24?,34-/m0/s1. The van der Waals surface area contributed by atoms with Gasteiger partial charge in [-0.1, -0.05) is 36.4 Å². The van der Waals surface area contributed by atoms with E-state index in [4.69, 9.17) is 0 Å². The number of allylic oxidation sites excluding steroid dienone is 3. The van der Waals surface area contributed by atoms with Crippen LogP contribution in [-0.4, -0.2) is 32.5 Å². The Morgan fingerprint density at radius 2 is 1.74 bits per heavy atom. The minimum atomic E-state index is -2.75. The molecular formula is C26H22FN3O3S. The van der Waals surface area contributed by atoms with Crippen LogP contribution in [0.4, 0.5) is 10.1 Å². The second-order valence-electron chi connectivity index (χ2n) is 7.85. The average Bonchev–Trinajstić information content (AvgIpc) is 2.85. The van der Waals surface area contributed by atoms with Crippen LogP contribution in [0, 0.1) is 5.82 Å². The van der Waals surface area contributed by atoms with Crippen molar-refractivity contribution in [2.24, 2.45) is 4.36 Å². The van der Waals surface area contributed by atoms with Gasteiger partial charge in [0.2, 0.25) is 0 Å². The fourth-order valence-corrected chi connectivity index (χ4v) is 4.85. The highest BCUT2D eigenvalue weighted by atomic mass is 32.2. The third-order valence-corrected chi connectivity index (χ3v) is 7.34. The van der Waals surface area contributed by atoms with Crippen LogP contribution in [-0.2, 0) is 9.73 Å². The summed E-state index contributed by atoms with van der Waals surface area (Å²) in [5.74, 6) is -1.34. The van der Waals surface area contributed by atoms with Crippen LogP contribution in [0.3, 0.4) is 0 Å². The predicted molar refractivity (Wildman–Crippen MR) is 132 cm³/mol. The van der Waals surface area contributed by atoms with E-state index in [1.54, 1.807) is 36.5 Å². The van der Waals surface area contributed by atoms with Crippen molar-refractivity contribution in [2.75, 3.05) is 11.6 Å². The molecular weight excluding hydrogens is 453 g/mol. The van der Waals surface area contributed by atoms with Gasteiger partial charge in [0.1, 0.15) is 5.82 Å². The summed E-state index contributed by atoms with van der Waals surface area (Å²) >= 11 is 0. The molecule has 2 amide bonds. The lowest BCUT2D eigenvalue weighted by molar-refractivity contribution is 0.100. The molecule has 8 heteroatoms. The Kier molecular flexibility index (Phi) is 6.79. The van der Waals surface area contributed by atoms with Crippen LogP contribution >= 0.6 is 0 Å². The quantitative estimate of drug-likeness (QED) is 0.545. The van der Waals surface area contributed by atoms with Crippen molar-refractivity contribution in [2.45, 2.75) is 11.7 Å². The molecule has 1 aliphatic carbocycles. The molecule has 0 fully saturated rings. The molecule has 1 N–H and O–H groups in total. The highest BCUT2D eigenvalue weighted by Gasteiger charge is 2.19. The van der Waals surface area contributed by atoms with Crippen molar-refractivity contribution in [1.82, 2.24) is 4.98 Å². The SMILES string of the molecule is C[S@@](=O)(=NC(=O)c1cncc(-c2ccc(NC(=O)c3ccc(F)cc3)cc2)c1)C1C=CC=CC1. The molecule has 0 bridgehead atoms. The predicted octanol–water partition coefficient (Wildman–Crippen LogP) is 5.26. The van der Waals surface area contributed by atoms with Gasteiger partial charge >= 0.3 is 0 Å². The molecule has 1 aliphatic rings. The number of hydrogen-bond donors (Lipinski definition) is 1. The highest BCUT2D eigenvalue weighted by molar-refractivity contribution is 7.94. The van der Waals surface area contributed by atoms with E-state index in [1.807, 2.05) is 24.3 Å². The highest BCUT2D eigenvalue weighted by Crippen LogP contribution is 2.23. The van der Waals surface area contributed by atoms with Crippen molar-refractivity contribution in [3.63, 3.8) is 0 Å². The molecule has 0 spiro atoms. The molecule has 6 nitrogen and oxygen atoms in total. The molecule has 2 atom stereocenters. The molecule has 3 aromatic rings. The van der Waals surface area contributed by atoms with Crippen molar-refractivity contribution in [3.8, 4) is 11.1 Å². The van der Waals surface area contributed by atoms with E-state index in [9.17, 15) is 18.2 Å². The van der Waals surface area contributed by atoms with Gasteiger partial charge in [-0.05, 0) is 54.4 Å². The number of benzene rings is 2. The summed E-state index contributed by atoms with van der Waals surface area (Å²) in [7, 11) is -2.75. The first kappa shape index (κ1) is 23.3. The third-order valence-electron chi connectivity index (χ3n) is 5.33. The zero-order chi connectivity index (χ0) is 24.1. The molecule has 0 saturated heterocycles. The van der Waals surface area contributed by atoms with Gasteiger partial charge in [-0.15, -0.1) is 0 Å². The first-order valence-electron chi connectivity index (χ1n) is 10.5. The lowest BCUT2D eigenvalue weighted by atomic mass is 10.1. The van der Waals surface area contributed by atoms with Gasteiger partial charge in [-0.3, -0.25) is 14.6 Å². The first-order valence-corrected chi connectivity index (χ1v) is 12.5. The van der Waals surface area contributed by atoms with E-state index < -0.39 is 21.5 Å². The van der Waals surface area contributed by atoms with Crippen molar-refractivity contribution >= 4 is 27.2 Å². The first-order chi connectivity index (χ1) is 16.3. The lowest BCUT2D eigenvalue weighted by Gasteiger charge is -2.14. The summed E-state index contributed by atoms with van der Waals surface area (Å²) in [6.07, 6.45) is 12.5. The van der Waals surface area contributed by atoms with Crippen LogP contribution in [0.15, 0.2) is 95.7 Å². The van der Waals surface area contributed by atoms with E-state index in [-0.39, 0.29) is 16.7 Å². The Hall–Kier alpha value is -3.91. The minimum Gasteiger partial charge on any atom is -0.322 e. The average molecular weight is 476 g/mol. The fourth-order valence-electron chi connectivity index (χ4n) is 3.43. The van der Waals surface area contributed by atoms with Crippen LogP contribution < -0.4 is 5.32 Å². The molecule has 0 aliphatic heterocycles. The van der Waals surface area contributed by atoms with Gasteiger partial charge in [0.05, 0.1) is 20.5 Å². The largest absolute Gasteiger partial charge is 0.322 e. The number of nitrogens with one attached hydrogen (secondary N) is 1. The van der Waals surface area contributed by atoms with Gasteiger partial charge in [-0.25, -0.2) is 8.60 Å². The summed E-state index contributed by atoms with van der Waals surface area (Å²) in [6.45, 7) is 0. The number of hydrogen-bond acceptors (Lipinski definition) is 4. The fraction of sp³-hybridized carbons (Fsp3) is 0.115. The van der Waals surface area contributed by atoms with Gasteiger partial charge in [-0.2, -0.15) is 4.36 Å².